The molecule has 0 aliphatic heterocycles. The number of hydrogen-bond acceptors (Lipinski definition) is 2. The lowest BCUT2D eigenvalue weighted by Crippen LogP contribution is -2.24. The highest BCUT2D eigenvalue weighted by Gasteiger charge is 2.12. The maximum Gasteiger partial charge on any atom is 0.252 e. The maximum atomic E-state index is 12.3. The quantitative estimate of drug-likeness (QED) is 0.898. The van der Waals surface area contributed by atoms with Crippen molar-refractivity contribution in [1.29, 1.82) is 0 Å². The van der Waals surface area contributed by atoms with Crippen molar-refractivity contribution in [2.45, 2.75) is 27.3 Å². The van der Waals surface area contributed by atoms with E-state index in [2.05, 4.69) is 5.32 Å². The topological polar surface area (TPSA) is 49.3 Å². The van der Waals surface area contributed by atoms with Crippen molar-refractivity contribution < 1.29 is 9.90 Å². The minimum Gasteiger partial charge on any atom is -0.508 e. The smallest absolute Gasteiger partial charge is 0.252 e. The van der Waals surface area contributed by atoms with Crippen LogP contribution in [-0.2, 0) is 6.54 Å². The largest absolute Gasteiger partial charge is 0.508 e. The summed E-state index contributed by atoms with van der Waals surface area (Å²) in [7, 11) is 0. The molecule has 0 atom stereocenters. The molecule has 2 N–H and O–H groups in total. The summed E-state index contributed by atoms with van der Waals surface area (Å²) in [5, 5.41) is 12.1. The van der Waals surface area contributed by atoms with Crippen molar-refractivity contribution in [1.82, 2.24) is 5.32 Å². The zero-order chi connectivity index (χ0) is 14.7. The first-order chi connectivity index (χ1) is 9.47. The van der Waals surface area contributed by atoms with Crippen LogP contribution in [0.4, 0.5) is 0 Å². The third kappa shape index (κ3) is 3.18. The van der Waals surface area contributed by atoms with Crippen molar-refractivity contribution in [2.24, 2.45) is 0 Å². The van der Waals surface area contributed by atoms with Crippen LogP contribution in [0.5, 0.6) is 5.75 Å². The molecule has 0 saturated heterocycles. The molecule has 0 spiro atoms. The lowest BCUT2D eigenvalue weighted by molar-refractivity contribution is 0.0949. The molecule has 2 rings (SSSR count). The number of phenolic OH excluding ortho intramolecular Hbond substituents is 1. The van der Waals surface area contributed by atoms with Gasteiger partial charge in [-0.15, -0.1) is 0 Å². The molecule has 2 aromatic rings. The fourth-order valence-corrected chi connectivity index (χ4v) is 2.42. The van der Waals surface area contributed by atoms with E-state index in [1.807, 2.05) is 32.9 Å². The van der Waals surface area contributed by atoms with E-state index < -0.39 is 0 Å². The molecule has 0 saturated carbocycles. The second-order valence-corrected chi connectivity index (χ2v) is 5.12. The summed E-state index contributed by atoms with van der Waals surface area (Å²) >= 11 is 0. The van der Waals surface area contributed by atoms with Gasteiger partial charge in [0, 0.05) is 12.1 Å². The van der Waals surface area contributed by atoms with Gasteiger partial charge in [-0.2, -0.15) is 0 Å². The first kappa shape index (κ1) is 14.1. The lowest BCUT2D eigenvalue weighted by Gasteiger charge is -2.12. The fraction of sp³-hybridized carbons (Fsp3) is 0.235. The van der Waals surface area contributed by atoms with Crippen LogP contribution in [0.3, 0.4) is 0 Å². The van der Waals surface area contributed by atoms with Crippen LogP contribution in [0.2, 0.25) is 0 Å². The first-order valence-electron chi connectivity index (χ1n) is 6.61. The Morgan fingerprint density at radius 1 is 1.05 bits per heavy atom. The Labute approximate surface area is 119 Å². The average Bonchev–Trinajstić information content (AvgIpc) is 2.37. The number of aryl methyl sites for hydroxylation is 3. The van der Waals surface area contributed by atoms with Gasteiger partial charge in [0.05, 0.1) is 0 Å². The maximum absolute atomic E-state index is 12.3. The number of benzene rings is 2. The normalized spacial score (nSPS) is 10.3. The van der Waals surface area contributed by atoms with Gasteiger partial charge in [0.2, 0.25) is 0 Å². The van der Waals surface area contributed by atoms with E-state index in [1.165, 1.54) is 0 Å². The summed E-state index contributed by atoms with van der Waals surface area (Å²) < 4.78 is 0. The molecular formula is C17H19NO2. The van der Waals surface area contributed by atoms with Crippen LogP contribution in [0, 0.1) is 20.8 Å². The van der Waals surface area contributed by atoms with E-state index >= 15 is 0 Å². The van der Waals surface area contributed by atoms with E-state index in [9.17, 15) is 9.90 Å². The van der Waals surface area contributed by atoms with Crippen molar-refractivity contribution in [3.05, 3.63) is 64.2 Å². The van der Waals surface area contributed by atoms with Crippen LogP contribution in [-0.4, -0.2) is 11.0 Å². The Balaban J connectivity index is 2.11. The number of aromatic hydroxyl groups is 1. The molecule has 104 valence electrons. The Morgan fingerprint density at radius 2 is 1.60 bits per heavy atom. The minimum absolute atomic E-state index is 0.0620. The van der Waals surface area contributed by atoms with Crippen LogP contribution >= 0.6 is 0 Å². The number of phenols is 1. The van der Waals surface area contributed by atoms with Gasteiger partial charge in [-0.1, -0.05) is 29.8 Å². The Bertz CT molecular complexity index is 607. The molecule has 0 radical (unpaired) electrons. The molecule has 0 aliphatic rings. The van der Waals surface area contributed by atoms with Crippen molar-refractivity contribution in [2.75, 3.05) is 0 Å². The number of nitrogens with one attached hydrogen (secondary N) is 1. The third-order valence-corrected chi connectivity index (χ3v) is 3.29. The van der Waals surface area contributed by atoms with E-state index in [-0.39, 0.29) is 11.7 Å². The summed E-state index contributed by atoms with van der Waals surface area (Å²) in [5.74, 6) is 0.165. The molecule has 0 aromatic heterocycles. The number of rotatable bonds is 3. The van der Waals surface area contributed by atoms with Crippen molar-refractivity contribution >= 4 is 5.91 Å². The summed E-state index contributed by atoms with van der Waals surface area (Å²) in [6, 6.07) is 10.9. The average molecular weight is 269 g/mol. The molecule has 20 heavy (non-hydrogen) atoms. The van der Waals surface area contributed by atoms with Crippen LogP contribution < -0.4 is 5.32 Å². The molecule has 1 amide bonds. The summed E-state index contributed by atoms with van der Waals surface area (Å²) in [6.45, 7) is 6.38. The number of amides is 1. The Kier molecular flexibility index (Phi) is 4.08. The Morgan fingerprint density at radius 3 is 2.15 bits per heavy atom. The van der Waals surface area contributed by atoms with E-state index in [1.54, 1.807) is 24.3 Å². The SMILES string of the molecule is Cc1cc(C)c(C(=O)NCc2ccc(O)cc2)c(C)c1. The van der Waals surface area contributed by atoms with E-state index in [4.69, 9.17) is 0 Å². The van der Waals surface area contributed by atoms with E-state index in [0.29, 0.717) is 6.54 Å². The van der Waals surface area contributed by atoms with Gasteiger partial charge in [-0.05, 0) is 49.6 Å². The summed E-state index contributed by atoms with van der Waals surface area (Å²) in [5.41, 5.74) is 4.85. The van der Waals surface area contributed by atoms with Gasteiger partial charge in [-0.3, -0.25) is 4.79 Å². The van der Waals surface area contributed by atoms with Crippen LogP contribution in [0.15, 0.2) is 36.4 Å². The highest BCUT2D eigenvalue weighted by atomic mass is 16.3. The molecular weight excluding hydrogens is 250 g/mol. The monoisotopic (exact) mass is 269 g/mol. The highest BCUT2D eigenvalue weighted by Crippen LogP contribution is 2.16. The van der Waals surface area contributed by atoms with Crippen LogP contribution in [0.25, 0.3) is 0 Å². The molecule has 0 aliphatic carbocycles. The van der Waals surface area contributed by atoms with Crippen LogP contribution in [0.1, 0.15) is 32.6 Å². The fourth-order valence-electron chi connectivity index (χ4n) is 2.42. The molecule has 3 nitrogen and oxygen atoms in total. The zero-order valence-electron chi connectivity index (χ0n) is 12.0. The summed E-state index contributed by atoms with van der Waals surface area (Å²) in [6.07, 6.45) is 0. The molecule has 0 unspecified atom stereocenters. The Hall–Kier alpha value is -2.29. The van der Waals surface area contributed by atoms with E-state index in [0.717, 1.165) is 27.8 Å². The van der Waals surface area contributed by atoms with Gasteiger partial charge in [0.25, 0.3) is 5.91 Å². The van der Waals surface area contributed by atoms with Gasteiger partial charge >= 0.3 is 0 Å². The van der Waals surface area contributed by atoms with Crippen molar-refractivity contribution in [3.63, 3.8) is 0 Å². The number of carbonyl (C=O) groups excluding carboxylic acids is 1. The predicted octanol–water partition coefficient (Wildman–Crippen LogP) is 3.25. The highest BCUT2D eigenvalue weighted by molar-refractivity contribution is 5.97. The summed E-state index contributed by atoms with van der Waals surface area (Å²) in [4.78, 5) is 12.3. The van der Waals surface area contributed by atoms with Gasteiger partial charge < -0.3 is 10.4 Å². The molecule has 0 heterocycles. The van der Waals surface area contributed by atoms with Gasteiger partial charge in [-0.25, -0.2) is 0 Å². The molecule has 0 fully saturated rings. The van der Waals surface area contributed by atoms with Gasteiger partial charge in [0.15, 0.2) is 0 Å². The lowest BCUT2D eigenvalue weighted by atomic mass is 9.99. The molecule has 2 aromatic carbocycles. The second kappa shape index (κ2) is 5.78. The number of hydrogen-bond donors (Lipinski definition) is 2. The van der Waals surface area contributed by atoms with Crippen molar-refractivity contribution in [3.8, 4) is 5.75 Å². The van der Waals surface area contributed by atoms with Gasteiger partial charge in [0.1, 0.15) is 5.75 Å². The predicted molar refractivity (Wildman–Crippen MR) is 79.9 cm³/mol. The standard InChI is InChI=1S/C17H19NO2/c1-11-8-12(2)16(13(3)9-11)17(20)18-10-14-4-6-15(19)7-5-14/h4-9,19H,10H2,1-3H3,(H,18,20). The molecule has 3 heteroatoms. The zero-order valence-corrected chi connectivity index (χ0v) is 12.0. The minimum atomic E-state index is -0.0620. The number of carbonyl (C=O) groups is 1. The second-order valence-electron chi connectivity index (χ2n) is 5.12. The molecule has 0 bridgehead atoms. The first-order valence-corrected chi connectivity index (χ1v) is 6.61. The third-order valence-electron chi connectivity index (χ3n) is 3.29.